The van der Waals surface area contributed by atoms with Crippen molar-refractivity contribution in [2.45, 2.75) is 33.6 Å². The average molecular weight is 464 g/mol. The summed E-state index contributed by atoms with van der Waals surface area (Å²) in [5, 5.41) is 4.04. The third kappa shape index (κ3) is 3.50. The number of fused-ring (bicyclic) bond motifs is 3. The van der Waals surface area contributed by atoms with E-state index in [-0.39, 0.29) is 29.8 Å². The first-order chi connectivity index (χ1) is 16.2. The lowest BCUT2D eigenvalue weighted by Gasteiger charge is -2.31. The molecule has 0 saturated carbocycles. The normalized spacial score (nSPS) is 14.6. The Bertz CT molecular complexity index is 1410. The topological polar surface area (TPSA) is 91.6 Å². The molecule has 2 aromatic heterocycles. The SMILES string of the molecule is CCOC(=O)C1=C(C)NC(C)=C(C(=O)OCC)C1c1cc(=O)c2c(c3ccccc3n2C)n1C. The van der Waals surface area contributed by atoms with Gasteiger partial charge >= 0.3 is 11.9 Å². The number of aryl methyl sites for hydroxylation is 2. The molecule has 4 rings (SSSR count). The van der Waals surface area contributed by atoms with Crippen molar-refractivity contribution >= 4 is 33.9 Å². The van der Waals surface area contributed by atoms with Gasteiger partial charge in [-0.1, -0.05) is 18.2 Å². The zero-order chi connectivity index (χ0) is 24.7. The van der Waals surface area contributed by atoms with Crippen molar-refractivity contribution < 1.29 is 19.1 Å². The van der Waals surface area contributed by atoms with Crippen molar-refractivity contribution in [3.8, 4) is 0 Å². The maximum absolute atomic E-state index is 13.4. The number of carbonyl (C=O) groups is 2. The highest BCUT2D eigenvalue weighted by Crippen LogP contribution is 2.40. The van der Waals surface area contributed by atoms with Crippen molar-refractivity contribution in [1.29, 1.82) is 0 Å². The van der Waals surface area contributed by atoms with Gasteiger partial charge in [0.05, 0.1) is 41.3 Å². The first-order valence-electron chi connectivity index (χ1n) is 11.3. The molecule has 0 spiro atoms. The minimum Gasteiger partial charge on any atom is -0.463 e. The maximum atomic E-state index is 13.4. The Hall–Kier alpha value is -3.81. The summed E-state index contributed by atoms with van der Waals surface area (Å²) >= 11 is 0. The number of nitrogens with zero attached hydrogens (tertiary/aromatic N) is 2. The second-order valence-electron chi connectivity index (χ2n) is 8.34. The number of carbonyl (C=O) groups excluding carboxylic acids is 2. The number of para-hydroxylation sites is 1. The summed E-state index contributed by atoms with van der Waals surface area (Å²) in [6.45, 7) is 7.34. The lowest BCUT2D eigenvalue weighted by molar-refractivity contribution is -0.139. The van der Waals surface area contributed by atoms with Crippen LogP contribution in [-0.2, 0) is 33.2 Å². The van der Waals surface area contributed by atoms with Crippen LogP contribution < -0.4 is 10.7 Å². The molecular formula is C26H29N3O5. The molecule has 0 fully saturated rings. The second-order valence-corrected chi connectivity index (χ2v) is 8.34. The molecule has 0 aliphatic carbocycles. The molecule has 0 saturated heterocycles. The van der Waals surface area contributed by atoms with Crippen molar-refractivity contribution in [3.63, 3.8) is 0 Å². The van der Waals surface area contributed by atoms with Crippen LogP contribution in [0.2, 0.25) is 0 Å². The number of rotatable bonds is 5. The summed E-state index contributed by atoms with van der Waals surface area (Å²) < 4.78 is 14.5. The maximum Gasteiger partial charge on any atom is 0.336 e. The Morgan fingerprint density at radius 1 is 0.912 bits per heavy atom. The van der Waals surface area contributed by atoms with E-state index in [1.807, 2.05) is 47.5 Å². The quantitative estimate of drug-likeness (QED) is 0.584. The van der Waals surface area contributed by atoms with Crippen LogP contribution in [0.15, 0.2) is 57.7 Å². The summed E-state index contributed by atoms with van der Waals surface area (Å²) in [4.78, 5) is 39.7. The van der Waals surface area contributed by atoms with Crippen LogP contribution in [0.4, 0.5) is 0 Å². The summed E-state index contributed by atoms with van der Waals surface area (Å²) in [5.41, 5.74) is 4.23. The molecular weight excluding hydrogens is 434 g/mol. The van der Waals surface area contributed by atoms with Gasteiger partial charge in [0.2, 0.25) is 5.43 Å². The lowest BCUT2D eigenvalue weighted by Crippen LogP contribution is -2.34. The van der Waals surface area contributed by atoms with Crippen molar-refractivity contribution in [2.24, 2.45) is 14.1 Å². The third-order valence-corrected chi connectivity index (χ3v) is 6.36. The molecule has 8 nitrogen and oxygen atoms in total. The molecule has 8 heteroatoms. The molecule has 0 unspecified atom stereocenters. The number of hydrogen-bond acceptors (Lipinski definition) is 6. The number of esters is 2. The highest BCUT2D eigenvalue weighted by Gasteiger charge is 2.39. The molecule has 0 atom stereocenters. The fourth-order valence-corrected chi connectivity index (χ4v) is 4.95. The van der Waals surface area contributed by atoms with Crippen molar-refractivity contribution in [1.82, 2.24) is 14.5 Å². The molecule has 1 aromatic carbocycles. The van der Waals surface area contributed by atoms with Gasteiger partial charge in [-0.05, 0) is 33.8 Å². The molecule has 0 bridgehead atoms. The van der Waals surface area contributed by atoms with E-state index >= 15 is 0 Å². The van der Waals surface area contributed by atoms with Gasteiger partial charge in [0.1, 0.15) is 5.52 Å². The standard InChI is InChI=1S/C26H29N3O5/c1-7-33-25(31)20-14(3)27-15(4)21(26(32)34-8-2)22(20)18-13-19(30)24-23(29(18)6)16-11-9-10-12-17(16)28(24)5/h9-13,22,27H,7-8H2,1-6H3. The number of dihydropyridines is 1. The Labute approximate surface area is 197 Å². The highest BCUT2D eigenvalue weighted by molar-refractivity contribution is 6.06. The monoisotopic (exact) mass is 463 g/mol. The summed E-state index contributed by atoms with van der Waals surface area (Å²) in [6.07, 6.45) is 0. The number of benzene rings is 1. The van der Waals surface area contributed by atoms with E-state index in [4.69, 9.17) is 9.47 Å². The van der Waals surface area contributed by atoms with E-state index in [2.05, 4.69) is 5.32 Å². The molecule has 0 radical (unpaired) electrons. The number of pyridine rings is 1. The van der Waals surface area contributed by atoms with E-state index < -0.39 is 17.9 Å². The Morgan fingerprint density at radius 3 is 2.03 bits per heavy atom. The number of hydrogen-bond donors (Lipinski definition) is 1. The fourth-order valence-electron chi connectivity index (χ4n) is 4.95. The number of nitrogens with one attached hydrogen (secondary N) is 1. The van der Waals surface area contributed by atoms with Gasteiger partial charge < -0.3 is 23.9 Å². The molecule has 1 aliphatic heterocycles. The van der Waals surface area contributed by atoms with Gasteiger partial charge in [0, 0.05) is 42.6 Å². The predicted molar refractivity (Wildman–Crippen MR) is 130 cm³/mol. The summed E-state index contributed by atoms with van der Waals surface area (Å²) in [5.74, 6) is -1.92. The van der Waals surface area contributed by atoms with Crippen LogP contribution in [0.25, 0.3) is 21.9 Å². The Balaban J connectivity index is 2.09. The van der Waals surface area contributed by atoms with Gasteiger partial charge in [0.15, 0.2) is 0 Å². The van der Waals surface area contributed by atoms with Crippen LogP contribution >= 0.6 is 0 Å². The molecule has 34 heavy (non-hydrogen) atoms. The van der Waals surface area contributed by atoms with Crippen LogP contribution in [-0.4, -0.2) is 34.3 Å². The summed E-state index contributed by atoms with van der Waals surface area (Å²) in [6, 6.07) is 9.28. The summed E-state index contributed by atoms with van der Waals surface area (Å²) in [7, 11) is 3.71. The van der Waals surface area contributed by atoms with Crippen LogP contribution in [0.5, 0.6) is 0 Å². The minimum absolute atomic E-state index is 0.182. The molecule has 3 heterocycles. The molecule has 3 aromatic rings. The lowest BCUT2D eigenvalue weighted by atomic mass is 9.82. The first kappa shape index (κ1) is 23.4. The van der Waals surface area contributed by atoms with Gasteiger partial charge in [-0.15, -0.1) is 0 Å². The molecule has 0 amide bonds. The molecule has 1 aliphatic rings. The van der Waals surface area contributed by atoms with E-state index in [1.54, 1.807) is 27.7 Å². The highest BCUT2D eigenvalue weighted by atomic mass is 16.5. The zero-order valence-corrected chi connectivity index (χ0v) is 20.3. The average Bonchev–Trinajstić information content (AvgIpc) is 3.09. The molecule has 1 N–H and O–H groups in total. The number of ether oxygens (including phenoxy) is 2. The van der Waals surface area contributed by atoms with Gasteiger partial charge in [-0.3, -0.25) is 4.79 Å². The smallest absolute Gasteiger partial charge is 0.336 e. The van der Waals surface area contributed by atoms with Crippen LogP contribution in [0, 0.1) is 0 Å². The second kappa shape index (κ2) is 8.85. The van der Waals surface area contributed by atoms with Gasteiger partial charge in [0.25, 0.3) is 0 Å². The minimum atomic E-state index is -0.833. The Kier molecular flexibility index (Phi) is 6.08. The van der Waals surface area contributed by atoms with E-state index in [0.29, 0.717) is 22.6 Å². The van der Waals surface area contributed by atoms with Crippen LogP contribution in [0.1, 0.15) is 39.3 Å². The first-order valence-corrected chi connectivity index (χ1v) is 11.3. The van der Waals surface area contributed by atoms with Gasteiger partial charge in [-0.2, -0.15) is 0 Å². The van der Waals surface area contributed by atoms with E-state index in [9.17, 15) is 14.4 Å². The predicted octanol–water partition coefficient (Wildman–Crippen LogP) is 3.39. The van der Waals surface area contributed by atoms with E-state index in [0.717, 1.165) is 16.4 Å². The Morgan fingerprint density at radius 2 is 1.47 bits per heavy atom. The van der Waals surface area contributed by atoms with Crippen molar-refractivity contribution in [2.75, 3.05) is 13.2 Å². The van der Waals surface area contributed by atoms with Crippen LogP contribution in [0.3, 0.4) is 0 Å². The largest absolute Gasteiger partial charge is 0.463 e. The molecule has 178 valence electrons. The van der Waals surface area contributed by atoms with Gasteiger partial charge in [-0.25, -0.2) is 9.59 Å². The van der Waals surface area contributed by atoms with E-state index in [1.165, 1.54) is 6.07 Å². The van der Waals surface area contributed by atoms with Crippen molar-refractivity contribution in [3.05, 3.63) is 68.8 Å². The third-order valence-electron chi connectivity index (χ3n) is 6.36. The zero-order valence-electron chi connectivity index (χ0n) is 20.3. The fraction of sp³-hybridized carbons (Fsp3) is 0.346. The number of allylic oxidation sites excluding steroid dienone is 2. The number of aromatic nitrogens is 2.